The van der Waals surface area contributed by atoms with Crippen molar-refractivity contribution in [1.29, 1.82) is 0 Å². The highest BCUT2D eigenvalue weighted by Crippen LogP contribution is 2.38. The fourth-order valence-corrected chi connectivity index (χ4v) is 5.31. The van der Waals surface area contributed by atoms with E-state index in [-0.39, 0.29) is 11.5 Å². The number of para-hydroxylation sites is 1. The number of ether oxygens (including phenoxy) is 1. The maximum Gasteiger partial charge on any atom is 0.267 e. The summed E-state index contributed by atoms with van der Waals surface area (Å²) in [4.78, 5) is 18.4. The van der Waals surface area contributed by atoms with Gasteiger partial charge in [-0.3, -0.25) is 9.69 Å². The van der Waals surface area contributed by atoms with E-state index in [4.69, 9.17) is 4.74 Å². The molecule has 3 heterocycles. The maximum atomic E-state index is 12.6. The molecular weight excluding hydrogens is 466 g/mol. The molecule has 2 N–H and O–H groups in total. The number of aromatic amines is 1. The van der Waals surface area contributed by atoms with Gasteiger partial charge in [-0.2, -0.15) is 0 Å². The van der Waals surface area contributed by atoms with Crippen LogP contribution in [0.5, 0.6) is 5.75 Å². The molecule has 6 heteroatoms. The predicted octanol–water partition coefficient (Wildman–Crippen LogP) is 5.29. The van der Waals surface area contributed by atoms with Gasteiger partial charge in [0.2, 0.25) is 0 Å². The zero-order valence-corrected chi connectivity index (χ0v) is 20.3. The lowest BCUT2D eigenvalue weighted by molar-refractivity contribution is 0.0930. The number of carbonyl (C=O) groups excluding carboxylic acids is 1. The van der Waals surface area contributed by atoms with E-state index in [0.717, 1.165) is 66.6 Å². The first-order valence-corrected chi connectivity index (χ1v) is 12.2. The zero-order chi connectivity index (χ0) is 22.3. The van der Waals surface area contributed by atoms with E-state index >= 15 is 0 Å². The Bertz CT molecular complexity index is 1150. The standard InChI is InChI=1S/C26H30BrN3O2/c1-26(2)14-19-4-3-5-20(24(19)32-26)16-30-10-8-17(9-11-30)15-28-25(31)23-12-18-6-7-21(27)13-22(18)29-23/h3-7,12-13,17,29H,8-11,14-16H2,1-2H3,(H,28,31). The normalized spacial score (nSPS) is 18.5. The van der Waals surface area contributed by atoms with Crippen molar-refractivity contribution in [1.82, 2.24) is 15.2 Å². The minimum absolute atomic E-state index is 0.0284. The Morgan fingerprint density at radius 3 is 2.84 bits per heavy atom. The highest BCUT2D eigenvalue weighted by Gasteiger charge is 2.32. The van der Waals surface area contributed by atoms with E-state index in [1.54, 1.807) is 0 Å². The Labute approximate surface area is 197 Å². The Hall–Kier alpha value is -2.31. The number of hydrogen-bond acceptors (Lipinski definition) is 3. The third-order valence-electron chi connectivity index (χ3n) is 6.65. The number of nitrogens with zero attached hydrogens (tertiary/aromatic N) is 1. The van der Waals surface area contributed by atoms with Crippen molar-refractivity contribution in [3.63, 3.8) is 0 Å². The minimum Gasteiger partial charge on any atom is -0.487 e. The van der Waals surface area contributed by atoms with Crippen molar-refractivity contribution >= 4 is 32.7 Å². The van der Waals surface area contributed by atoms with E-state index in [0.29, 0.717) is 11.6 Å². The summed E-state index contributed by atoms with van der Waals surface area (Å²) in [6.45, 7) is 8.07. The molecule has 0 unspecified atom stereocenters. The fourth-order valence-electron chi connectivity index (χ4n) is 4.95. The van der Waals surface area contributed by atoms with Crippen LogP contribution in [-0.4, -0.2) is 41.0 Å². The summed E-state index contributed by atoms with van der Waals surface area (Å²) < 4.78 is 7.24. The molecule has 3 aromatic rings. The summed E-state index contributed by atoms with van der Waals surface area (Å²) >= 11 is 3.48. The number of nitrogens with one attached hydrogen (secondary N) is 2. The number of rotatable bonds is 5. The number of halogens is 1. The number of piperidine rings is 1. The van der Waals surface area contributed by atoms with E-state index in [9.17, 15) is 4.79 Å². The first-order valence-electron chi connectivity index (χ1n) is 11.4. The Morgan fingerprint density at radius 2 is 2.03 bits per heavy atom. The van der Waals surface area contributed by atoms with Crippen LogP contribution in [0.4, 0.5) is 0 Å². The van der Waals surface area contributed by atoms with Crippen LogP contribution < -0.4 is 10.1 Å². The number of fused-ring (bicyclic) bond motifs is 2. The SMILES string of the molecule is CC1(C)Cc2cccc(CN3CCC(CNC(=O)c4cc5ccc(Br)cc5[nH]4)CC3)c2O1. The van der Waals surface area contributed by atoms with Gasteiger partial charge in [0.15, 0.2) is 0 Å². The number of hydrogen-bond donors (Lipinski definition) is 2. The molecule has 0 aliphatic carbocycles. The van der Waals surface area contributed by atoms with Crippen molar-refractivity contribution < 1.29 is 9.53 Å². The largest absolute Gasteiger partial charge is 0.487 e. The highest BCUT2D eigenvalue weighted by molar-refractivity contribution is 9.10. The van der Waals surface area contributed by atoms with Gasteiger partial charge in [0.25, 0.3) is 5.91 Å². The van der Waals surface area contributed by atoms with Crippen molar-refractivity contribution in [2.75, 3.05) is 19.6 Å². The van der Waals surface area contributed by atoms with E-state index in [1.807, 2.05) is 24.3 Å². The first kappa shape index (κ1) is 21.5. The monoisotopic (exact) mass is 495 g/mol. The quantitative estimate of drug-likeness (QED) is 0.505. The molecule has 2 aromatic carbocycles. The molecule has 1 fully saturated rings. The molecule has 0 saturated carbocycles. The van der Waals surface area contributed by atoms with Crippen LogP contribution in [0.25, 0.3) is 10.9 Å². The summed E-state index contributed by atoms with van der Waals surface area (Å²) in [6.07, 6.45) is 3.17. The van der Waals surface area contributed by atoms with E-state index < -0.39 is 0 Å². The van der Waals surface area contributed by atoms with Crippen LogP contribution in [-0.2, 0) is 13.0 Å². The molecule has 168 valence electrons. The number of likely N-dealkylation sites (tertiary alicyclic amines) is 1. The third kappa shape index (κ3) is 4.57. The lowest BCUT2D eigenvalue weighted by Crippen LogP contribution is -2.38. The summed E-state index contributed by atoms with van der Waals surface area (Å²) in [5, 5.41) is 4.18. The molecule has 1 amide bonds. The van der Waals surface area contributed by atoms with Gasteiger partial charge in [0, 0.05) is 40.4 Å². The Balaban J connectivity index is 1.12. The molecule has 2 aliphatic rings. The van der Waals surface area contributed by atoms with Crippen LogP contribution in [0.1, 0.15) is 48.3 Å². The predicted molar refractivity (Wildman–Crippen MR) is 131 cm³/mol. The van der Waals surface area contributed by atoms with E-state index in [2.05, 4.69) is 63.2 Å². The van der Waals surface area contributed by atoms with Gasteiger partial charge in [-0.25, -0.2) is 0 Å². The van der Waals surface area contributed by atoms with Gasteiger partial charge >= 0.3 is 0 Å². The van der Waals surface area contributed by atoms with Crippen molar-refractivity contribution in [3.05, 3.63) is 63.8 Å². The molecule has 0 radical (unpaired) electrons. The molecule has 1 aromatic heterocycles. The van der Waals surface area contributed by atoms with Crippen LogP contribution in [0.3, 0.4) is 0 Å². The molecule has 32 heavy (non-hydrogen) atoms. The lowest BCUT2D eigenvalue weighted by atomic mass is 9.96. The van der Waals surface area contributed by atoms with Gasteiger partial charge < -0.3 is 15.0 Å². The summed E-state index contributed by atoms with van der Waals surface area (Å²) in [5.41, 5.74) is 4.11. The average Bonchev–Trinajstić information content (AvgIpc) is 3.32. The molecule has 0 bridgehead atoms. The molecule has 5 nitrogen and oxygen atoms in total. The summed E-state index contributed by atoms with van der Waals surface area (Å²) in [5.74, 6) is 1.59. The highest BCUT2D eigenvalue weighted by atomic mass is 79.9. The fraction of sp³-hybridized carbons (Fsp3) is 0.423. The molecule has 2 aliphatic heterocycles. The second-order valence-electron chi connectivity index (χ2n) is 9.79. The minimum atomic E-state index is -0.106. The van der Waals surface area contributed by atoms with Gasteiger partial charge in [-0.15, -0.1) is 0 Å². The van der Waals surface area contributed by atoms with Crippen LogP contribution in [0, 0.1) is 5.92 Å². The van der Waals surface area contributed by atoms with Gasteiger partial charge in [-0.05, 0) is 69.5 Å². The average molecular weight is 496 g/mol. The van der Waals surface area contributed by atoms with E-state index in [1.165, 1.54) is 11.1 Å². The Kier molecular flexibility index (Phi) is 5.76. The molecule has 1 saturated heterocycles. The number of benzene rings is 2. The number of aromatic nitrogens is 1. The van der Waals surface area contributed by atoms with Crippen LogP contribution in [0.15, 0.2) is 46.9 Å². The van der Waals surface area contributed by atoms with Crippen LogP contribution >= 0.6 is 15.9 Å². The van der Waals surface area contributed by atoms with Crippen LogP contribution in [0.2, 0.25) is 0 Å². The topological polar surface area (TPSA) is 57.4 Å². The summed E-state index contributed by atoms with van der Waals surface area (Å²) in [7, 11) is 0. The van der Waals surface area contributed by atoms with Gasteiger partial charge in [-0.1, -0.05) is 40.2 Å². The second kappa shape index (κ2) is 8.56. The smallest absolute Gasteiger partial charge is 0.267 e. The van der Waals surface area contributed by atoms with Gasteiger partial charge in [0.1, 0.15) is 17.0 Å². The molecular formula is C26H30BrN3O2. The van der Waals surface area contributed by atoms with Crippen molar-refractivity contribution in [2.45, 2.75) is 45.3 Å². The second-order valence-corrected chi connectivity index (χ2v) is 10.7. The number of amides is 1. The number of carbonyl (C=O) groups is 1. The van der Waals surface area contributed by atoms with Crippen molar-refractivity contribution in [2.24, 2.45) is 5.92 Å². The first-order chi connectivity index (χ1) is 15.4. The third-order valence-corrected chi connectivity index (χ3v) is 7.15. The summed E-state index contributed by atoms with van der Waals surface area (Å²) in [6, 6.07) is 14.5. The van der Waals surface area contributed by atoms with Crippen molar-refractivity contribution in [3.8, 4) is 5.75 Å². The molecule has 5 rings (SSSR count). The lowest BCUT2D eigenvalue weighted by Gasteiger charge is -2.32. The Morgan fingerprint density at radius 1 is 1.22 bits per heavy atom. The zero-order valence-electron chi connectivity index (χ0n) is 18.7. The maximum absolute atomic E-state index is 12.6. The molecule has 0 spiro atoms. The molecule has 0 atom stereocenters. The van der Waals surface area contributed by atoms with Gasteiger partial charge in [0.05, 0.1) is 0 Å². The number of H-pyrrole nitrogens is 1.